The number of aromatic nitrogens is 1. The third kappa shape index (κ3) is 1.92. The predicted molar refractivity (Wildman–Crippen MR) is 68.3 cm³/mol. The van der Waals surface area contributed by atoms with Crippen molar-refractivity contribution in [2.75, 3.05) is 0 Å². The lowest BCUT2D eigenvalue weighted by Crippen LogP contribution is -2.11. The lowest BCUT2D eigenvalue weighted by Gasteiger charge is -2.20. The highest BCUT2D eigenvalue weighted by Gasteiger charge is 2.21. The van der Waals surface area contributed by atoms with E-state index >= 15 is 0 Å². The number of fused-ring (bicyclic) bond motifs is 1. The molecule has 19 heavy (non-hydrogen) atoms. The molecular formula is C15H13FN2O. The van der Waals surface area contributed by atoms with E-state index in [1.54, 1.807) is 6.07 Å². The van der Waals surface area contributed by atoms with Crippen molar-refractivity contribution >= 4 is 0 Å². The molecule has 1 N–H and O–H groups in total. The summed E-state index contributed by atoms with van der Waals surface area (Å²) in [5, 5.41) is 18.8. The minimum absolute atomic E-state index is 0.0382. The molecule has 2 aromatic rings. The van der Waals surface area contributed by atoms with Gasteiger partial charge >= 0.3 is 0 Å². The lowest BCUT2D eigenvalue weighted by molar-refractivity contribution is 0.156. The molecule has 3 rings (SSSR count). The van der Waals surface area contributed by atoms with Crippen molar-refractivity contribution in [3.63, 3.8) is 0 Å². The van der Waals surface area contributed by atoms with E-state index in [9.17, 15) is 9.50 Å². The van der Waals surface area contributed by atoms with Crippen LogP contribution in [-0.4, -0.2) is 9.67 Å². The Kier molecular flexibility index (Phi) is 2.84. The van der Waals surface area contributed by atoms with Crippen molar-refractivity contribution in [2.45, 2.75) is 25.4 Å². The van der Waals surface area contributed by atoms with Crippen LogP contribution < -0.4 is 0 Å². The van der Waals surface area contributed by atoms with Gasteiger partial charge in [0.1, 0.15) is 11.9 Å². The van der Waals surface area contributed by atoms with Gasteiger partial charge in [-0.15, -0.1) is 0 Å². The molecule has 1 unspecified atom stereocenters. The Bertz CT molecular complexity index is 669. The van der Waals surface area contributed by atoms with Crippen molar-refractivity contribution < 1.29 is 9.50 Å². The molecule has 96 valence electrons. The van der Waals surface area contributed by atoms with E-state index < -0.39 is 11.9 Å². The minimum atomic E-state index is -0.507. The minimum Gasteiger partial charge on any atom is -0.388 e. The van der Waals surface area contributed by atoms with E-state index in [4.69, 9.17) is 5.26 Å². The first kappa shape index (κ1) is 11.9. The SMILES string of the molecule is N#Cc1cc(-n2ccc3c2CCCC3O)ccc1F. The van der Waals surface area contributed by atoms with Gasteiger partial charge in [0.25, 0.3) is 0 Å². The van der Waals surface area contributed by atoms with Crippen molar-refractivity contribution in [1.29, 1.82) is 5.26 Å². The van der Waals surface area contributed by atoms with Gasteiger partial charge in [0.2, 0.25) is 0 Å². The molecule has 4 heteroatoms. The van der Waals surface area contributed by atoms with Gasteiger partial charge < -0.3 is 9.67 Å². The fourth-order valence-corrected chi connectivity index (χ4v) is 2.66. The number of nitriles is 1. The zero-order valence-corrected chi connectivity index (χ0v) is 10.3. The van der Waals surface area contributed by atoms with Crippen LogP contribution in [0.2, 0.25) is 0 Å². The highest BCUT2D eigenvalue weighted by Crippen LogP contribution is 2.32. The van der Waals surface area contributed by atoms with Gasteiger partial charge in [-0.2, -0.15) is 5.26 Å². The molecule has 1 aliphatic carbocycles. The second-order valence-corrected chi connectivity index (χ2v) is 4.77. The highest BCUT2D eigenvalue weighted by atomic mass is 19.1. The first-order chi connectivity index (χ1) is 9.20. The summed E-state index contributed by atoms with van der Waals surface area (Å²) in [6.07, 6.45) is 4.06. The zero-order valence-electron chi connectivity index (χ0n) is 10.3. The van der Waals surface area contributed by atoms with Gasteiger partial charge in [0.15, 0.2) is 0 Å². The summed E-state index contributed by atoms with van der Waals surface area (Å²) in [5.41, 5.74) is 2.79. The van der Waals surface area contributed by atoms with Crippen molar-refractivity contribution in [3.05, 3.63) is 53.1 Å². The lowest BCUT2D eigenvalue weighted by atomic mass is 9.95. The Labute approximate surface area is 110 Å². The van der Waals surface area contributed by atoms with Crippen LogP contribution >= 0.6 is 0 Å². The molecule has 1 aromatic carbocycles. The first-order valence-electron chi connectivity index (χ1n) is 6.29. The topological polar surface area (TPSA) is 49.0 Å². The number of aliphatic hydroxyl groups excluding tert-OH is 1. The molecule has 0 amide bonds. The number of hydrogen-bond acceptors (Lipinski definition) is 2. The van der Waals surface area contributed by atoms with E-state index in [-0.39, 0.29) is 5.56 Å². The van der Waals surface area contributed by atoms with Crippen molar-refractivity contribution in [3.8, 4) is 11.8 Å². The van der Waals surface area contributed by atoms with Gasteiger partial charge in [-0.3, -0.25) is 0 Å². The smallest absolute Gasteiger partial charge is 0.141 e. The Balaban J connectivity index is 2.11. The monoisotopic (exact) mass is 256 g/mol. The quantitative estimate of drug-likeness (QED) is 0.852. The van der Waals surface area contributed by atoms with Crippen LogP contribution in [0.25, 0.3) is 5.69 Å². The van der Waals surface area contributed by atoms with E-state index in [2.05, 4.69) is 0 Å². The maximum absolute atomic E-state index is 13.3. The molecule has 0 spiro atoms. The third-order valence-corrected chi connectivity index (χ3v) is 3.63. The van der Waals surface area contributed by atoms with Gasteiger partial charge in [-0.25, -0.2) is 4.39 Å². The Morgan fingerprint density at radius 3 is 3.00 bits per heavy atom. The standard InChI is InChI=1S/C15H13FN2O/c16-13-5-4-11(8-10(13)9-17)18-7-6-12-14(18)2-1-3-15(12)19/h4-8,15,19H,1-3H2. The molecule has 0 saturated carbocycles. The van der Waals surface area contributed by atoms with Crippen molar-refractivity contribution in [2.24, 2.45) is 0 Å². The molecule has 0 fully saturated rings. The zero-order chi connectivity index (χ0) is 13.4. The molecular weight excluding hydrogens is 243 g/mol. The van der Waals surface area contributed by atoms with Crippen molar-refractivity contribution in [1.82, 2.24) is 4.57 Å². The highest BCUT2D eigenvalue weighted by molar-refractivity contribution is 5.45. The van der Waals surface area contributed by atoms with Crippen LogP contribution in [0.1, 0.15) is 35.8 Å². The Hall–Kier alpha value is -2.12. The molecule has 0 radical (unpaired) electrons. The van der Waals surface area contributed by atoms with Crippen LogP contribution in [0.4, 0.5) is 4.39 Å². The summed E-state index contributed by atoms with van der Waals surface area (Å²) in [6.45, 7) is 0. The van der Waals surface area contributed by atoms with E-state index in [0.717, 1.165) is 36.2 Å². The number of benzene rings is 1. The van der Waals surface area contributed by atoms with Crippen LogP contribution in [0, 0.1) is 17.1 Å². The van der Waals surface area contributed by atoms with E-state index in [1.807, 2.05) is 22.9 Å². The van der Waals surface area contributed by atoms with Crippen LogP contribution in [0.15, 0.2) is 30.5 Å². The maximum atomic E-state index is 13.3. The molecule has 1 aromatic heterocycles. The number of nitrogens with zero attached hydrogens (tertiary/aromatic N) is 2. The molecule has 0 bridgehead atoms. The molecule has 1 atom stereocenters. The maximum Gasteiger partial charge on any atom is 0.141 e. The molecule has 0 saturated heterocycles. The summed E-state index contributed by atoms with van der Waals surface area (Å²) in [4.78, 5) is 0. The van der Waals surface area contributed by atoms with Gasteiger partial charge in [-0.05, 0) is 43.5 Å². The number of halogens is 1. The fraction of sp³-hybridized carbons (Fsp3) is 0.267. The van der Waals surface area contributed by atoms with Crippen LogP contribution in [-0.2, 0) is 6.42 Å². The fourth-order valence-electron chi connectivity index (χ4n) is 2.66. The molecule has 0 aliphatic heterocycles. The molecule has 1 heterocycles. The Morgan fingerprint density at radius 2 is 2.21 bits per heavy atom. The number of hydrogen-bond donors (Lipinski definition) is 1. The summed E-state index contributed by atoms with van der Waals surface area (Å²) in [5.74, 6) is -0.507. The summed E-state index contributed by atoms with van der Waals surface area (Å²) >= 11 is 0. The number of rotatable bonds is 1. The largest absolute Gasteiger partial charge is 0.388 e. The third-order valence-electron chi connectivity index (χ3n) is 3.63. The van der Waals surface area contributed by atoms with Crippen LogP contribution in [0.3, 0.4) is 0 Å². The summed E-state index contributed by atoms with van der Waals surface area (Å²) in [7, 11) is 0. The normalized spacial score (nSPS) is 17.8. The summed E-state index contributed by atoms with van der Waals surface area (Å²) in [6, 6.07) is 8.24. The number of aliphatic hydroxyl groups is 1. The van der Waals surface area contributed by atoms with Gasteiger partial charge in [0.05, 0.1) is 11.7 Å². The van der Waals surface area contributed by atoms with Gasteiger partial charge in [0, 0.05) is 23.1 Å². The average molecular weight is 256 g/mol. The predicted octanol–water partition coefficient (Wildman–Crippen LogP) is 2.86. The molecule has 1 aliphatic rings. The van der Waals surface area contributed by atoms with Crippen LogP contribution in [0.5, 0.6) is 0 Å². The molecule has 3 nitrogen and oxygen atoms in total. The van der Waals surface area contributed by atoms with E-state index in [1.165, 1.54) is 12.1 Å². The Morgan fingerprint density at radius 1 is 1.37 bits per heavy atom. The van der Waals surface area contributed by atoms with E-state index in [0.29, 0.717) is 0 Å². The second-order valence-electron chi connectivity index (χ2n) is 4.77. The summed E-state index contributed by atoms with van der Waals surface area (Å²) < 4.78 is 15.3. The van der Waals surface area contributed by atoms with Gasteiger partial charge in [-0.1, -0.05) is 0 Å². The first-order valence-corrected chi connectivity index (χ1v) is 6.29. The average Bonchev–Trinajstić information content (AvgIpc) is 2.85. The second kappa shape index (κ2) is 4.52.